The molecule has 2 atom stereocenters. The molecule has 0 rings (SSSR count). The Balaban J connectivity index is 4.04. The minimum atomic E-state index is -4.34. The first-order valence-electron chi connectivity index (χ1n) is 17.7. The first-order chi connectivity index (χ1) is 20.8. The van der Waals surface area contributed by atoms with Crippen LogP contribution < -0.4 is 5.32 Å². The number of aliphatic hydroxyl groups excluding tert-OH is 1. The number of allylic oxidation sites excluding steroid dienone is 5. The molecular weight excluding hydrogens is 558 g/mol. The van der Waals surface area contributed by atoms with E-state index in [4.69, 9.17) is 0 Å². The second-order valence-electron chi connectivity index (χ2n) is 12.1. The van der Waals surface area contributed by atoms with Crippen molar-refractivity contribution in [1.82, 2.24) is 5.32 Å². The van der Waals surface area contributed by atoms with Gasteiger partial charge in [0.1, 0.15) is 0 Å². The smallest absolute Gasteiger partial charge is 0.267 e. The van der Waals surface area contributed by atoms with Crippen LogP contribution in [0.4, 0.5) is 0 Å². The van der Waals surface area contributed by atoms with Gasteiger partial charge in [-0.2, -0.15) is 8.42 Å². The molecule has 0 aliphatic carbocycles. The van der Waals surface area contributed by atoms with Gasteiger partial charge in [0, 0.05) is 6.42 Å². The lowest BCUT2D eigenvalue weighted by molar-refractivity contribution is -0.122. The van der Waals surface area contributed by atoms with Crippen molar-refractivity contribution in [1.29, 1.82) is 0 Å². The number of amides is 1. The van der Waals surface area contributed by atoms with Crippen molar-refractivity contribution in [2.24, 2.45) is 0 Å². The fourth-order valence-electron chi connectivity index (χ4n) is 5.12. The fraction of sp³-hybridized carbons (Fsp3) is 0.806. The zero-order chi connectivity index (χ0) is 31.9. The molecule has 0 aromatic carbocycles. The van der Waals surface area contributed by atoms with E-state index in [1.807, 2.05) is 6.08 Å². The lowest BCUT2D eigenvalue weighted by Crippen LogP contribution is -2.46. The van der Waals surface area contributed by atoms with E-state index in [9.17, 15) is 22.9 Å². The molecule has 0 aliphatic rings. The normalized spacial score (nSPS) is 13.9. The first-order valence-corrected chi connectivity index (χ1v) is 19.3. The third-order valence-electron chi connectivity index (χ3n) is 7.81. The lowest BCUT2D eigenvalue weighted by atomic mass is 10.1. The van der Waals surface area contributed by atoms with Gasteiger partial charge in [-0.05, 0) is 51.4 Å². The molecule has 43 heavy (non-hydrogen) atoms. The average Bonchev–Trinajstić information content (AvgIpc) is 2.96. The van der Waals surface area contributed by atoms with Gasteiger partial charge >= 0.3 is 0 Å². The van der Waals surface area contributed by atoms with E-state index < -0.39 is 28.0 Å². The summed E-state index contributed by atoms with van der Waals surface area (Å²) in [6, 6.07) is -1.06. The number of hydrogen-bond acceptors (Lipinski definition) is 4. The van der Waals surface area contributed by atoms with E-state index in [-0.39, 0.29) is 12.3 Å². The van der Waals surface area contributed by atoms with Crippen molar-refractivity contribution in [2.45, 2.75) is 180 Å². The molecule has 2 unspecified atom stereocenters. The molecule has 252 valence electrons. The van der Waals surface area contributed by atoms with E-state index in [0.29, 0.717) is 6.42 Å². The maximum absolute atomic E-state index is 12.4. The molecule has 0 radical (unpaired) electrons. The summed E-state index contributed by atoms with van der Waals surface area (Å²) in [5, 5.41) is 13.1. The third-order valence-corrected chi connectivity index (χ3v) is 8.59. The van der Waals surface area contributed by atoms with E-state index in [0.717, 1.165) is 57.8 Å². The third kappa shape index (κ3) is 31.8. The molecule has 0 saturated heterocycles. The van der Waals surface area contributed by atoms with Gasteiger partial charge in [-0.1, -0.05) is 147 Å². The van der Waals surface area contributed by atoms with Crippen molar-refractivity contribution in [3.05, 3.63) is 36.5 Å². The van der Waals surface area contributed by atoms with Gasteiger partial charge in [0.25, 0.3) is 10.1 Å². The monoisotopic (exact) mass is 625 g/mol. The second kappa shape index (κ2) is 30.6. The summed E-state index contributed by atoms with van der Waals surface area (Å²) in [4.78, 5) is 12.4. The molecule has 3 N–H and O–H groups in total. The van der Waals surface area contributed by atoms with Crippen molar-refractivity contribution < 1.29 is 22.9 Å². The Morgan fingerprint density at radius 1 is 0.628 bits per heavy atom. The van der Waals surface area contributed by atoms with Crippen LogP contribution in [-0.4, -0.2) is 41.9 Å². The Morgan fingerprint density at radius 3 is 1.53 bits per heavy atom. The van der Waals surface area contributed by atoms with Crippen LogP contribution in [0.2, 0.25) is 0 Å². The molecule has 0 saturated carbocycles. The van der Waals surface area contributed by atoms with Crippen LogP contribution in [0.15, 0.2) is 36.5 Å². The molecule has 0 aromatic heterocycles. The van der Waals surface area contributed by atoms with Crippen LogP contribution in [-0.2, 0) is 14.9 Å². The standard InChI is InChI=1S/C36H67NO5S/c1-3-5-7-9-11-13-15-17-18-19-20-22-24-26-28-30-32-36(39)37-34(33-43(40,41)42)35(38)31-29-27-25-23-21-16-14-12-10-8-6-4-2/h13,15,18-19,29,31,34-35,38H,3-12,14,16-17,20-28,30,32-33H2,1-2H3,(H,37,39)(H,40,41,42)/b15-13-,19-18-,31-29+. The van der Waals surface area contributed by atoms with Crippen LogP contribution in [0.3, 0.4) is 0 Å². The Morgan fingerprint density at radius 2 is 1.05 bits per heavy atom. The Hall–Kier alpha value is -1.44. The maximum Gasteiger partial charge on any atom is 0.267 e. The van der Waals surface area contributed by atoms with Crippen LogP contribution in [0.25, 0.3) is 0 Å². The highest BCUT2D eigenvalue weighted by Crippen LogP contribution is 2.12. The summed E-state index contributed by atoms with van der Waals surface area (Å²) < 4.78 is 32.3. The van der Waals surface area contributed by atoms with Gasteiger partial charge in [-0.15, -0.1) is 0 Å². The summed E-state index contributed by atoms with van der Waals surface area (Å²) >= 11 is 0. The molecule has 0 aliphatic heterocycles. The Bertz CT molecular complexity index is 821. The topological polar surface area (TPSA) is 104 Å². The quantitative estimate of drug-likeness (QED) is 0.0404. The van der Waals surface area contributed by atoms with Crippen LogP contribution in [0.1, 0.15) is 168 Å². The number of unbranched alkanes of at least 4 members (excludes halogenated alkanes) is 19. The molecule has 0 heterocycles. The molecule has 0 bridgehead atoms. The van der Waals surface area contributed by atoms with Gasteiger partial charge < -0.3 is 10.4 Å². The van der Waals surface area contributed by atoms with Crippen LogP contribution >= 0.6 is 0 Å². The highest BCUT2D eigenvalue weighted by atomic mass is 32.2. The average molecular weight is 626 g/mol. The number of carbonyl (C=O) groups excluding carboxylic acids is 1. The Kier molecular flexibility index (Phi) is 29.6. The predicted octanol–water partition coefficient (Wildman–Crippen LogP) is 9.79. The molecule has 0 aromatic rings. The van der Waals surface area contributed by atoms with Crippen LogP contribution in [0.5, 0.6) is 0 Å². The van der Waals surface area contributed by atoms with Crippen molar-refractivity contribution in [3.8, 4) is 0 Å². The lowest BCUT2D eigenvalue weighted by Gasteiger charge is -2.21. The van der Waals surface area contributed by atoms with Gasteiger partial charge in [-0.25, -0.2) is 0 Å². The zero-order valence-electron chi connectivity index (χ0n) is 27.8. The summed E-state index contributed by atoms with van der Waals surface area (Å²) in [5.41, 5.74) is 0. The van der Waals surface area contributed by atoms with Gasteiger partial charge in [0.2, 0.25) is 5.91 Å². The minimum Gasteiger partial charge on any atom is -0.387 e. The number of rotatable bonds is 31. The molecule has 7 heteroatoms. The zero-order valence-corrected chi connectivity index (χ0v) is 28.6. The number of nitrogens with one attached hydrogen (secondary N) is 1. The highest BCUT2D eigenvalue weighted by Gasteiger charge is 2.24. The largest absolute Gasteiger partial charge is 0.387 e. The van der Waals surface area contributed by atoms with E-state index in [1.54, 1.807) is 6.08 Å². The second-order valence-corrected chi connectivity index (χ2v) is 13.6. The van der Waals surface area contributed by atoms with Gasteiger partial charge in [0.05, 0.1) is 17.9 Å². The molecule has 0 spiro atoms. The highest BCUT2D eigenvalue weighted by molar-refractivity contribution is 7.85. The van der Waals surface area contributed by atoms with Gasteiger partial charge in [-0.3, -0.25) is 9.35 Å². The van der Waals surface area contributed by atoms with E-state index in [1.165, 1.54) is 83.5 Å². The molecule has 0 fully saturated rings. The Labute approximate surface area is 266 Å². The summed E-state index contributed by atoms with van der Waals surface area (Å²) in [7, 11) is -4.34. The van der Waals surface area contributed by atoms with Crippen molar-refractivity contribution >= 4 is 16.0 Å². The maximum atomic E-state index is 12.4. The molecule has 6 nitrogen and oxygen atoms in total. The summed E-state index contributed by atoms with van der Waals surface area (Å²) in [5.74, 6) is -0.998. The molecule has 1 amide bonds. The summed E-state index contributed by atoms with van der Waals surface area (Å²) in [6.45, 7) is 4.47. The fourth-order valence-corrected chi connectivity index (χ4v) is 5.86. The summed E-state index contributed by atoms with van der Waals surface area (Å²) in [6.07, 6.45) is 38.3. The predicted molar refractivity (Wildman–Crippen MR) is 184 cm³/mol. The SMILES string of the molecule is CCCCCC/C=C\C/C=C\CCCCCCCC(=O)NC(CS(=O)(=O)O)C(O)/C=C/CCCCCCCCCCCC. The first kappa shape index (κ1) is 41.6. The van der Waals surface area contributed by atoms with E-state index in [2.05, 4.69) is 43.5 Å². The van der Waals surface area contributed by atoms with Crippen LogP contribution in [0, 0.1) is 0 Å². The molecular formula is C36H67NO5S. The minimum absolute atomic E-state index is 0.279. The van der Waals surface area contributed by atoms with Crippen molar-refractivity contribution in [3.63, 3.8) is 0 Å². The van der Waals surface area contributed by atoms with E-state index >= 15 is 0 Å². The number of hydrogen-bond donors (Lipinski definition) is 3. The number of aliphatic hydroxyl groups is 1. The van der Waals surface area contributed by atoms with Crippen molar-refractivity contribution in [2.75, 3.05) is 5.75 Å². The van der Waals surface area contributed by atoms with Gasteiger partial charge in [0.15, 0.2) is 0 Å². The number of carbonyl (C=O) groups is 1.